The Labute approximate surface area is 122 Å². The second-order valence-corrected chi connectivity index (χ2v) is 5.56. The quantitative estimate of drug-likeness (QED) is 0.864. The third kappa shape index (κ3) is 4.12. The number of piperidine rings is 1. The van der Waals surface area contributed by atoms with Gasteiger partial charge in [-0.05, 0) is 51.5 Å². The van der Waals surface area contributed by atoms with Crippen molar-refractivity contribution in [2.75, 3.05) is 40.9 Å². The zero-order chi connectivity index (χ0) is 14.4. The molecule has 112 valence electrons. The number of nitrogens with one attached hydrogen (secondary N) is 1. The molecule has 4 heteroatoms. The molecule has 0 saturated carbocycles. The normalized spacial score (nSPS) is 17.1. The Morgan fingerprint density at radius 3 is 2.60 bits per heavy atom. The average Bonchev–Trinajstić information content (AvgIpc) is 2.49. The van der Waals surface area contributed by atoms with Crippen molar-refractivity contribution in [1.29, 1.82) is 0 Å². The van der Waals surface area contributed by atoms with Gasteiger partial charge in [0.15, 0.2) is 0 Å². The van der Waals surface area contributed by atoms with Gasteiger partial charge in [-0.25, -0.2) is 0 Å². The van der Waals surface area contributed by atoms with Crippen molar-refractivity contribution < 1.29 is 9.47 Å². The largest absolute Gasteiger partial charge is 0.497 e. The summed E-state index contributed by atoms with van der Waals surface area (Å²) in [4.78, 5) is 2.41. The predicted octanol–water partition coefficient (Wildman–Crippen LogP) is 2.14. The first-order valence-electron chi connectivity index (χ1n) is 7.33. The van der Waals surface area contributed by atoms with Gasteiger partial charge in [0.05, 0.1) is 14.2 Å². The average molecular weight is 278 g/mol. The van der Waals surface area contributed by atoms with E-state index in [1.807, 2.05) is 12.1 Å². The number of methoxy groups -OCH3 is 2. The lowest BCUT2D eigenvalue weighted by Crippen LogP contribution is -2.34. The van der Waals surface area contributed by atoms with Crippen molar-refractivity contribution in [2.24, 2.45) is 5.92 Å². The lowest BCUT2D eigenvalue weighted by Gasteiger charge is -2.29. The van der Waals surface area contributed by atoms with Crippen LogP contribution in [0.4, 0.5) is 0 Å². The summed E-state index contributed by atoms with van der Waals surface area (Å²) in [5.74, 6) is 2.52. The SMILES string of the molecule is COc1ccc(CNCC2CCN(C)CC2)c(OC)c1. The monoisotopic (exact) mass is 278 g/mol. The van der Waals surface area contributed by atoms with Gasteiger partial charge in [0, 0.05) is 18.2 Å². The van der Waals surface area contributed by atoms with Crippen LogP contribution < -0.4 is 14.8 Å². The Kier molecular flexibility index (Phi) is 5.68. The van der Waals surface area contributed by atoms with Gasteiger partial charge in [-0.15, -0.1) is 0 Å². The van der Waals surface area contributed by atoms with Gasteiger partial charge < -0.3 is 19.7 Å². The van der Waals surface area contributed by atoms with Gasteiger partial charge >= 0.3 is 0 Å². The molecular weight excluding hydrogens is 252 g/mol. The van der Waals surface area contributed by atoms with Gasteiger partial charge in [0.2, 0.25) is 0 Å². The van der Waals surface area contributed by atoms with Crippen LogP contribution in [0.15, 0.2) is 18.2 Å². The van der Waals surface area contributed by atoms with Crippen molar-refractivity contribution in [3.8, 4) is 11.5 Å². The highest BCUT2D eigenvalue weighted by molar-refractivity contribution is 5.40. The van der Waals surface area contributed by atoms with Gasteiger partial charge in [0.1, 0.15) is 11.5 Å². The lowest BCUT2D eigenvalue weighted by molar-refractivity contribution is 0.216. The van der Waals surface area contributed by atoms with Crippen LogP contribution in [0.3, 0.4) is 0 Å². The molecule has 0 unspecified atom stereocenters. The maximum absolute atomic E-state index is 5.42. The first kappa shape index (κ1) is 15.1. The van der Waals surface area contributed by atoms with Crippen molar-refractivity contribution in [1.82, 2.24) is 10.2 Å². The second-order valence-electron chi connectivity index (χ2n) is 5.56. The maximum Gasteiger partial charge on any atom is 0.127 e. The van der Waals surface area contributed by atoms with Gasteiger partial charge in [-0.1, -0.05) is 6.07 Å². The summed E-state index contributed by atoms with van der Waals surface area (Å²) in [5, 5.41) is 3.56. The van der Waals surface area contributed by atoms with Crippen LogP contribution in [0.2, 0.25) is 0 Å². The molecule has 20 heavy (non-hydrogen) atoms. The van der Waals surface area contributed by atoms with E-state index in [-0.39, 0.29) is 0 Å². The molecule has 0 amide bonds. The third-order valence-electron chi connectivity index (χ3n) is 4.08. The van der Waals surface area contributed by atoms with Crippen LogP contribution >= 0.6 is 0 Å². The molecular formula is C16H26N2O2. The Hall–Kier alpha value is -1.26. The third-order valence-corrected chi connectivity index (χ3v) is 4.08. The highest BCUT2D eigenvalue weighted by atomic mass is 16.5. The minimum absolute atomic E-state index is 0.801. The van der Waals surface area contributed by atoms with E-state index in [9.17, 15) is 0 Å². The zero-order valence-electron chi connectivity index (χ0n) is 12.8. The fourth-order valence-corrected chi connectivity index (χ4v) is 2.68. The number of ether oxygens (including phenoxy) is 2. The first-order chi connectivity index (χ1) is 9.72. The lowest BCUT2D eigenvalue weighted by atomic mass is 9.97. The summed E-state index contributed by atoms with van der Waals surface area (Å²) in [6.07, 6.45) is 2.59. The number of benzene rings is 1. The number of hydrogen-bond donors (Lipinski definition) is 1. The highest BCUT2D eigenvalue weighted by Gasteiger charge is 2.16. The topological polar surface area (TPSA) is 33.7 Å². The fourth-order valence-electron chi connectivity index (χ4n) is 2.68. The summed E-state index contributed by atoms with van der Waals surface area (Å²) >= 11 is 0. The van der Waals surface area contributed by atoms with Crippen LogP contribution in [0, 0.1) is 5.92 Å². The Balaban J connectivity index is 1.81. The van der Waals surface area contributed by atoms with Crippen molar-refractivity contribution in [2.45, 2.75) is 19.4 Å². The Bertz CT molecular complexity index is 415. The number of rotatable bonds is 6. The molecule has 0 aromatic heterocycles. The van der Waals surface area contributed by atoms with E-state index in [4.69, 9.17) is 9.47 Å². The van der Waals surface area contributed by atoms with E-state index in [0.29, 0.717) is 0 Å². The minimum atomic E-state index is 0.801. The smallest absolute Gasteiger partial charge is 0.127 e. The molecule has 1 N–H and O–H groups in total. The molecule has 0 bridgehead atoms. The van der Waals surface area contributed by atoms with Gasteiger partial charge in [-0.3, -0.25) is 0 Å². The van der Waals surface area contributed by atoms with Crippen LogP contribution in [-0.2, 0) is 6.54 Å². The van der Waals surface area contributed by atoms with Crippen molar-refractivity contribution >= 4 is 0 Å². The van der Waals surface area contributed by atoms with E-state index in [2.05, 4.69) is 23.3 Å². The Morgan fingerprint density at radius 1 is 1.20 bits per heavy atom. The van der Waals surface area contributed by atoms with Gasteiger partial charge in [0.25, 0.3) is 0 Å². The summed E-state index contributed by atoms with van der Waals surface area (Å²) in [6.45, 7) is 4.37. The highest BCUT2D eigenvalue weighted by Crippen LogP contribution is 2.24. The molecule has 1 aliphatic rings. The second kappa shape index (κ2) is 7.50. The van der Waals surface area contributed by atoms with Crippen LogP contribution in [0.5, 0.6) is 11.5 Å². The molecule has 0 aliphatic carbocycles. The molecule has 1 aromatic carbocycles. The molecule has 1 saturated heterocycles. The number of likely N-dealkylation sites (tertiary alicyclic amines) is 1. The molecule has 1 aliphatic heterocycles. The molecule has 4 nitrogen and oxygen atoms in total. The van der Waals surface area contributed by atoms with E-state index in [1.54, 1.807) is 14.2 Å². The summed E-state index contributed by atoms with van der Waals surface area (Å²) in [7, 11) is 5.58. The van der Waals surface area contributed by atoms with Crippen LogP contribution in [0.25, 0.3) is 0 Å². The Morgan fingerprint density at radius 2 is 1.95 bits per heavy atom. The number of hydrogen-bond acceptors (Lipinski definition) is 4. The fraction of sp³-hybridized carbons (Fsp3) is 0.625. The number of nitrogens with zero attached hydrogens (tertiary/aromatic N) is 1. The molecule has 0 atom stereocenters. The standard InChI is InChI=1S/C16H26N2O2/c1-18-8-6-13(7-9-18)11-17-12-14-4-5-15(19-2)10-16(14)20-3/h4-5,10,13,17H,6-9,11-12H2,1-3H3. The van der Waals surface area contributed by atoms with Crippen LogP contribution in [-0.4, -0.2) is 45.8 Å². The minimum Gasteiger partial charge on any atom is -0.497 e. The molecule has 1 heterocycles. The first-order valence-corrected chi connectivity index (χ1v) is 7.33. The molecule has 1 aromatic rings. The van der Waals surface area contributed by atoms with Gasteiger partial charge in [-0.2, -0.15) is 0 Å². The summed E-state index contributed by atoms with van der Waals surface area (Å²) in [6, 6.07) is 5.99. The maximum atomic E-state index is 5.42. The van der Waals surface area contributed by atoms with E-state index in [0.717, 1.165) is 30.5 Å². The molecule has 0 spiro atoms. The molecule has 1 fully saturated rings. The van der Waals surface area contributed by atoms with Crippen LogP contribution in [0.1, 0.15) is 18.4 Å². The van der Waals surface area contributed by atoms with E-state index in [1.165, 1.54) is 31.5 Å². The van der Waals surface area contributed by atoms with E-state index >= 15 is 0 Å². The molecule has 0 radical (unpaired) electrons. The molecule has 2 rings (SSSR count). The summed E-state index contributed by atoms with van der Waals surface area (Å²) < 4.78 is 10.6. The van der Waals surface area contributed by atoms with Crippen molar-refractivity contribution in [3.05, 3.63) is 23.8 Å². The predicted molar refractivity (Wildman–Crippen MR) is 81.5 cm³/mol. The van der Waals surface area contributed by atoms with Crippen molar-refractivity contribution in [3.63, 3.8) is 0 Å². The van der Waals surface area contributed by atoms with E-state index < -0.39 is 0 Å². The zero-order valence-corrected chi connectivity index (χ0v) is 12.8. The summed E-state index contributed by atoms with van der Waals surface area (Å²) in [5.41, 5.74) is 1.18.